The van der Waals surface area contributed by atoms with Crippen molar-refractivity contribution in [1.29, 1.82) is 0 Å². The standard InChI is InChI=1S/C20H15FN4O5/c21-14-5-1-12(2-6-14)19-22-16(24-30-19)11-29-20(28)13-3-7-15(8-4-13)25-18(27)10-9-17(26)23-25/h1-8H,9-11H2,(H,23,26). The van der Waals surface area contributed by atoms with Gasteiger partial charge in [0.2, 0.25) is 17.6 Å². The highest BCUT2D eigenvalue weighted by Gasteiger charge is 2.24. The average molecular weight is 410 g/mol. The lowest BCUT2D eigenvalue weighted by atomic mass is 10.2. The van der Waals surface area contributed by atoms with E-state index in [1.807, 2.05) is 0 Å². The highest BCUT2D eigenvalue weighted by molar-refractivity contribution is 6.01. The third-order valence-corrected chi connectivity index (χ3v) is 4.30. The zero-order chi connectivity index (χ0) is 21.1. The van der Waals surface area contributed by atoms with E-state index >= 15 is 0 Å². The number of hydrogen-bond donors (Lipinski definition) is 1. The van der Waals surface area contributed by atoms with Crippen LogP contribution in [0.2, 0.25) is 0 Å². The van der Waals surface area contributed by atoms with Gasteiger partial charge >= 0.3 is 5.97 Å². The second kappa shape index (κ2) is 8.11. The molecule has 30 heavy (non-hydrogen) atoms. The molecule has 0 saturated carbocycles. The van der Waals surface area contributed by atoms with Crippen LogP contribution < -0.4 is 10.4 Å². The van der Waals surface area contributed by atoms with Crippen molar-refractivity contribution in [1.82, 2.24) is 15.6 Å². The van der Waals surface area contributed by atoms with Gasteiger partial charge in [-0.25, -0.2) is 14.2 Å². The van der Waals surface area contributed by atoms with Crippen molar-refractivity contribution in [2.75, 3.05) is 5.01 Å². The first-order valence-electron chi connectivity index (χ1n) is 8.98. The Balaban J connectivity index is 1.37. The molecule has 1 N–H and O–H groups in total. The molecule has 9 nitrogen and oxygen atoms in total. The van der Waals surface area contributed by atoms with E-state index in [4.69, 9.17) is 9.26 Å². The van der Waals surface area contributed by atoms with Crippen molar-refractivity contribution in [3.05, 3.63) is 65.7 Å². The fraction of sp³-hybridized carbons (Fsp3) is 0.150. The number of nitrogens with zero attached hydrogens (tertiary/aromatic N) is 3. The highest BCUT2D eigenvalue weighted by atomic mass is 19.1. The molecule has 1 aromatic heterocycles. The molecule has 1 fully saturated rings. The summed E-state index contributed by atoms with van der Waals surface area (Å²) < 4.78 is 23.2. The topological polar surface area (TPSA) is 115 Å². The van der Waals surface area contributed by atoms with E-state index in [-0.39, 0.29) is 54.4 Å². The lowest BCUT2D eigenvalue weighted by Gasteiger charge is -2.27. The van der Waals surface area contributed by atoms with E-state index < -0.39 is 5.97 Å². The summed E-state index contributed by atoms with van der Waals surface area (Å²) in [5.41, 5.74) is 3.70. The zero-order valence-corrected chi connectivity index (χ0v) is 15.5. The number of carbonyl (C=O) groups is 3. The van der Waals surface area contributed by atoms with Crippen molar-refractivity contribution < 1.29 is 28.0 Å². The predicted molar refractivity (Wildman–Crippen MR) is 100 cm³/mol. The van der Waals surface area contributed by atoms with Gasteiger partial charge in [-0.05, 0) is 48.5 Å². The molecule has 2 heterocycles. The van der Waals surface area contributed by atoms with Crippen molar-refractivity contribution >= 4 is 23.5 Å². The molecule has 3 aromatic rings. The number of aromatic nitrogens is 2. The fourth-order valence-corrected chi connectivity index (χ4v) is 2.77. The maximum absolute atomic E-state index is 13.0. The second-order valence-electron chi connectivity index (χ2n) is 6.41. The Morgan fingerprint density at radius 1 is 1.10 bits per heavy atom. The molecule has 0 unspecified atom stereocenters. The number of benzene rings is 2. The van der Waals surface area contributed by atoms with Crippen molar-refractivity contribution in [2.45, 2.75) is 19.4 Å². The monoisotopic (exact) mass is 410 g/mol. The van der Waals surface area contributed by atoms with Gasteiger partial charge in [-0.15, -0.1) is 0 Å². The molecule has 0 atom stereocenters. The molecule has 0 spiro atoms. The Hall–Kier alpha value is -4.08. The molecule has 0 radical (unpaired) electrons. The Bertz CT molecular complexity index is 1100. The highest BCUT2D eigenvalue weighted by Crippen LogP contribution is 2.19. The summed E-state index contributed by atoms with van der Waals surface area (Å²) >= 11 is 0. The van der Waals surface area contributed by atoms with Gasteiger partial charge in [-0.2, -0.15) is 4.98 Å². The van der Waals surface area contributed by atoms with Crippen molar-refractivity contribution in [3.63, 3.8) is 0 Å². The van der Waals surface area contributed by atoms with E-state index in [2.05, 4.69) is 15.6 Å². The van der Waals surface area contributed by atoms with Crippen LogP contribution in [0.1, 0.15) is 29.0 Å². The first kappa shape index (κ1) is 19.2. The summed E-state index contributed by atoms with van der Waals surface area (Å²) in [6.45, 7) is -0.216. The summed E-state index contributed by atoms with van der Waals surface area (Å²) in [7, 11) is 0. The number of halogens is 1. The molecule has 1 aliphatic rings. The van der Waals surface area contributed by atoms with E-state index in [1.54, 1.807) is 0 Å². The van der Waals surface area contributed by atoms with Crippen LogP contribution in [0.4, 0.5) is 10.1 Å². The van der Waals surface area contributed by atoms with Gasteiger partial charge in [-0.3, -0.25) is 15.0 Å². The smallest absolute Gasteiger partial charge is 0.338 e. The number of hydrogen-bond acceptors (Lipinski definition) is 7. The van der Waals surface area contributed by atoms with Gasteiger partial charge in [0.1, 0.15) is 5.82 Å². The molecule has 1 aliphatic heterocycles. The summed E-state index contributed by atoms with van der Waals surface area (Å²) in [5.74, 6) is -1.16. The lowest BCUT2D eigenvalue weighted by Crippen LogP contribution is -2.50. The first-order chi connectivity index (χ1) is 14.5. The molecule has 4 rings (SSSR count). The Kier molecular flexibility index (Phi) is 5.21. The third-order valence-electron chi connectivity index (χ3n) is 4.30. The number of hydrazine groups is 1. The third kappa shape index (κ3) is 4.17. The lowest BCUT2D eigenvalue weighted by molar-refractivity contribution is -0.130. The van der Waals surface area contributed by atoms with Crippen LogP contribution in [0.5, 0.6) is 0 Å². The average Bonchev–Trinajstić information content (AvgIpc) is 3.23. The maximum atomic E-state index is 13.0. The van der Waals surface area contributed by atoms with Gasteiger partial charge in [0.15, 0.2) is 6.61 Å². The summed E-state index contributed by atoms with van der Waals surface area (Å²) in [6, 6.07) is 11.5. The Morgan fingerprint density at radius 3 is 2.57 bits per heavy atom. The molecule has 152 valence electrons. The van der Waals surface area contributed by atoms with Gasteiger partial charge < -0.3 is 9.26 Å². The minimum absolute atomic E-state index is 0.125. The van der Waals surface area contributed by atoms with Crippen LogP contribution in [0.3, 0.4) is 0 Å². The van der Waals surface area contributed by atoms with Gasteiger partial charge in [-0.1, -0.05) is 5.16 Å². The molecule has 10 heteroatoms. The molecule has 1 saturated heterocycles. The Morgan fingerprint density at radius 2 is 1.83 bits per heavy atom. The number of amides is 2. The SMILES string of the molecule is O=C1CCC(=O)N(c2ccc(C(=O)OCc3noc(-c4ccc(F)cc4)n3)cc2)N1. The van der Waals surface area contributed by atoms with E-state index in [0.29, 0.717) is 11.3 Å². The van der Waals surface area contributed by atoms with E-state index in [1.165, 1.54) is 48.5 Å². The maximum Gasteiger partial charge on any atom is 0.338 e. The summed E-state index contributed by atoms with van der Waals surface area (Å²) in [4.78, 5) is 39.7. The van der Waals surface area contributed by atoms with Crippen LogP contribution >= 0.6 is 0 Å². The predicted octanol–water partition coefficient (Wildman–Crippen LogP) is 2.39. The molecule has 0 aliphatic carbocycles. The van der Waals surface area contributed by atoms with E-state index in [9.17, 15) is 18.8 Å². The molecule has 0 bridgehead atoms. The number of esters is 1. The van der Waals surface area contributed by atoms with Gasteiger partial charge in [0.05, 0.1) is 11.3 Å². The van der Waals surface area contributed by atoms with Crippen LogP contribution in [-0.2, 0) is 20.9 Å². The largest absolute Gasteiger partial charge is 0.454 e. The first-order valence-corrected chi connectivity index (χ1v) is 8.98. The van der Waals surface area contributed by atoms with Crippen LogP contribution in [0.25, 0.3) is 11.5 Å². The Labute approximate surface area is 169 Å². The molecule has 2 aromatic carbocycles. The molecular weight excluding hydrogens is 395 g/mol. The van der Waals surface area contributed by atoms with E-state index in [0.717, 1.165) is 5.01 Å². The quantitative estimate of drug-likeness (QED) is 0.642. The minimum atomic E-state index is -0.622. The number of carbonyl (C=O) groups excluding carboxylic acids is 3. The molecular formula is C20H15FN4O5. The van der Waals surface area contributed by atoms with Crippen LogP contribution in [0.15, 0.2) is 53.1 Å². The zero-order valence-electron chi connectivity index (χ0n) is 15.5. The van der Waals surface area contributed by atoms with Gasteiger partial charge in [0, 0.05) is 18.4 Å². The van der Waals surface area contributed by atoms with Crippen molar-refractivity contribution in [3.8, 4) is 11.5 Å². The summed E-state index contributed by atoms with van der Waals surface area (Å²) in [6.07, 6.45) is 0.277. The summed E-state index contributed by atoms with van der Waals surface area (Å²) in [5, 5.41) is 4.88. The number of anilines is 1. The number of ether oxygens (including phenoxy) is 1. The minimum Gasteiger partial charge on any atom is -0.454 e. The fourth-order valence-electron chi connectivity index (χ4n) is 2.77. The van der Waals surface area contributed by atoms with Gasteiger partial charge in [0.25, 0.3) is 5.89 Å². The normalized spacial score (nSPS) is 13.8. The van der Waals surface area contributed by atoms with Crippen LogP contribution in [0, 0.1) is 5.82 Å². The van der Waals surface area contributed by atoms with Crippen LogP contribution in [-0.4, -0.2) is 27.9 Å². The van der Waals surface area contributed by atoms with Crippen molar-refractivity contribution in [2.24, 2.45) is 0 Å². The number of nitrogens with one attached hydrogen (secondary N) is 1. The molecule has 2 amide bonds. The number of rotatable bonds is 5. The second-order valence-corrected chi connectivity index (χ2v) is 6.41.